The Morgan fingerprint density at radius 1 is 0.895 bits per heavy atom. The molecule has 0 heterocycles. The first-order chi connectivity index (χ1) is 8.88. The first-order valence-electron chi connectivity index (χ1n) is 6.47. The Hall–Kier alpha value is -1.96. The van der Waals surface area contributed by atoms with Gasteiger partial charge < -0.3 is 10.2 Å². The van der Waals surface area contributed by atoms with Crippen molar-refractivity contribution in [1.29, 1.82) is 0 Å². The van der Waals surface area contributed by atoms with E-state index in [4.69, 9.17) is 0 Å². The van der Waals surface area contributed by atoms with Crippen LogP contribution in [0.4, 0.5) is 0 Å². The number of aromatic hydroxyl groups is 2. The highest BCUT2D eigenvalue weighted by molar-refractivity contribution is 5.43. The molecule has 2 aromatic carbocycles. The van der Waals surface area contributed by atoms with E-state index >= 15 is 0 Å². The lowest BCUT2D eigenvalue weighted by molar-refractivity contribution is 0.446. The lowest BCUT2D eigenvalue weighted by atomic mass is 9.85. The minimum Gasteiger partial charge on any atom is -0.508 e. The maximum absolute atomic E-state index is 9.94. The van der Waals surface area contributed by atoms with Crippen LogP contribution in [0.25, 0.3) is 0 Å². The maximum Gasteiger partial charge on any atom is 0.119 e. The van der Waals surface area contributed by atoms with Gasteiger partial charge in [0.25, 0.3) is 0 Å². The van der Waals surface area contributed by atoms with E-state index in [-0.39, 0.29) is 5.41 Å². The van der Waals surface area contributed by atoms with Gasteiger partial charge in [0.15, 0.2) is 0 Å². The highest BCUT2D eigenvalue weighted by Gasteiger charge is 2.18. The summed E-state index contributed by atoms with van der Waals surface area (Å²) in [5.74, 6) is 0.640. The van der Waals surface area contributed by atoms with Crippen molar-refractivity contribution >= 4 is 0 Å². The molecule has 0 aromatic heterocycles. The van der Waals surface area contributed by atoms with E-state index in [0.717, 1.165) is 16.7 Å². The van der Waals surface area contributed by atoms with Crippen molar-refractivity contribution < 1.29 is 10.2 Å². The minimum atomic E-state index is -0.0984. The van der Waals surface area contributed by atoms with E-state index in [9.17, 15) is 10.2 Å². The summed E-state index contributed by atoms with van der Waals surface area (Å²) in [7, 11) is 0. The van der Waals surface area contributed by atoms with Crippen molar-refractivity contribution in [3.63, 3.8) is 0 Å². The molecule has 19 heavy (non-hydrogen) atoms. The number of para-hydroxylation sites is 1. The Labute approximate surface area is 114 Å². The van der Waals surface area contributed by atoms with Crippen LogP contribution < -0.4 is 0 Å². The summed E-state index contributed by atoms with van der Waals surface area (Å²) in [4.78, 5) is 0. The molecule has 0 unspecified atom stereocenters. The van der Waals surface area contributed by atoms with Gasteiger partial charge in [-0.2, -0.15) is 0 Å². The lowest BCUT2D eigenvalue weighted by Gasteiger charge is -2.21. The minimum absolute atomic E-state index is 0.0984. The molecule has 2 nitrogen and oxygen atoms in total. The molecule has 2 aromatic rings. The van der Waals surface area contributed by atoms with Gasteiger partial charge in [0.2, 0.25) is 0 Å². The summed E-state index contributed by atoms with van der Waals surface area (Å²) >= 11 is 0. The van der Waals surface area contributed by atoms with Gasteiger partial charge in [-0.1, -0.05) is 51.1 Å². The van der Waals surface area contributed by atoms with Crippen molar-refractivity contribution in [1.82, 2.24) is 0 Å². The maximum atomic E-state index is 9.94. The zero-order valence-electron chi connectivity index (χ0n) is 11.6. The van der Waals surface area contributed by atoms with Crippen LogP contribution in [0.5, 0.6) is 11.5 Å². The van der Waals surface area contributed by atoms with Gasteiger partial charge >= 0.3 is 0 Å². The third-order valence-corrected chi connectivity index (χ3v) is 3.26. The highest BCUT2D eigenvalue weighted by atomic mass is 16.3. The van der Waals surface area contributed by atoms with Gasteiger partial charge in [-0.15, -0.1) is 0 Å². The van der Waals surface area contributed by atoms with E-state index in [0.29, 0.717) is 17.9 Å². The lowest BCUT2D eigenvalue weighted by Crippen LogP contribution is -2.11. The van der Waals surface area contributed by atoms with Gasteiger partial charge in [-0.05, 0) is 34.2 Å². The Morgan fingerprint density at radius 3 is 2.21 bits per heavy atom. The molecule has 0 spiro atoms. The normalized spacial score (nSPS) is 11.5. The predicted octanol–water partition coefficient (Wildman–Crippen LogP) is 3.99. The van der Waals surface area contributed by atoms with Gasteiger partial charge in [0.05, 0.1) is 0 Å². The van der Waals surface area contributed by atoms with Crippen LogP contribution in [0.3, 0.4) is 0 Å². The van der Waals surface area contributed by atoms with Crippen LogP contribution in [-0.2, 0) is 11.8 Å². The van der Waals surface area contributed by atoms with E-state index in [1.165, 1.54) is 0 Å². The first kappa shape index (κ1) is 13.5. The van der Waals surface area contributed by atoms with Gasteiger partial charge in [0, 0.05) is 6.42 Å². The smallest absolute Gasteiger partial charge is 0.119 e. The van der Waals surface area contributed by atoms with Crippen molar-refractivity contribution in [2.45, 2.75) is 32.6 Å². The molecule has 2 heteroatoms. The molecule has 100 valence electrons. The van der Waals surface area contributed by atoms with Crippen molar-refractivity contribution in [3.8, 4) is 11.5 Å². The molecule has 0 atom stereocenters. The molecule has 0 aliphatic heterocycles. The molecule has 2 rings (SSSR count). The van der Waals surface area contributed by atoms with E-state index in [1.807, 2.05) is 30.3 Å². The topological polar surface area (TPSA) is 40.5 Å². The number of benzene rings is 2. The average molecular weight is 256 g/mol. The second-order valence-corrected chi connectivity index (χ2v) is 5.91. The second kappa shape index (κ2) is 4.96. The zero-order chi connectivity index (χ0) is 14.0. The molecule has 0 aliphatic rings. The number of phenolic OH excluding ortho intramolecular Hbond substituents is 2. The fourth-order valence-electron chi connectivity index (χ4n) is 2.17. The monoisotopic (exact) mass is 256 g/mol. The SMILES string of the molecule is CC(C)(C)c1cc(Cc2ccccc2O)ccc1O. The molecule has 0 radical (unpaired) electrons. The summed E-state index contributed by atoms with van der Waals surface area (Å²) < 4.78 is 0. The molecule has 0 bridgehead atoms. The van der Waals surface area contributed by atoms with Crippen LogP contribution in [0.1, 0.15) is 37.5 Å². The van der Waals surface area contributed by atoms with Gasteiger partial charge in [-0.25, -0.2) is 0 Å². The van der Waals surface area contributed by atoms with E-state index < -0.39 is 0 Å². The van der Waals surface area contributed by atoms with Crippen molar-refractivity contribution in [2.75, 3.05) is 0 Å². The molecular formula is C17H20O2. The average Bonchev–Trinajstić information content (AvgIpc) is 2.33. The fourth-order valence-corrected chi connectivity index (χ4v) is 2.17. The third-order valence-electron chi connectivity index (χ3n) is 3.26. The summed E-state index contributed by atoms with van der Waals surface area (Å²) in [5, 5.41) is 19.7. The molecule has 2 N–H and O–H groups in total. The summed E-state index contributed by atoms with van der Waals surface area (Å²) in [6.07, 6.45) is 0.663. The molecule has 0 aliphatic carbocycles. The zero-order valence-corrected chi connectivity index (χ0v) is 11.6. The summed E-state index contributed by atoms with van der Waals surface area (Å²) in [6.45, 7) is 6.23. The van der Waals surface area contributed by atoms with Crippen LogP contribution in [0, 0.1) is 0 Å². The van der Waals surface area contributed by atoms with Crippen LogP contribution >= 0.6 is 0 Å². The predicted molar refractivity (Wildman–Crippen MR) is 77.7 cm³/mol. The number of rotatable bonds is 2. The van der Waals surface area contributed by atoms with Crippen LogP contribution in [0.15, 0.2) is 42.5 Å². The standard InChI is InChI=1S/C17H20O2/c1-17(2,3)14-11-12(8-9-16(14)19)10-13-6-4-5-7-15(13)18/h4-9,11,18-19H,10H2,1-3H3. The molecule has 0 saturated carbocycles. The highest BCUT2D eigenvalue weighted by Crippen LogP contribution is 2.32. The van der Waals surface area contributed by atoms with Gasteiger partial charge in [0.1, 0.15) is 11.5 Å². The number of hydrogen-bond acceptors (Lipinski definition) is 2. The van der Waals surface area contributed by atoms with E-state index in [2.05, 4.69) is 20.8 Å². The van der Waals surface area contributed by atoms with Crippen molar-refractivity contribution in [3.05, 3.63) is 59.2 Å². The summed E-state index contributed by atoms with van der Waals surface area (Å²) in [6, 6.07) is 13.0. The second-order valence-electron chi connectivity index (χ2n) is 5.91. The van der Waals surface area contributed by atoms with Crippen LogP contribution in [0.2, 0.25) is 0 Å². The number of hydrogen-bond donors (Lipinski definition) is 2. The molecule has 0 fully saturated rings. The number of phenols is 2. The summed E-state index contributed by atoms with van der Waals surface area (Å²) in [5.41, 5.74) is 2.82. The van der Waals surface area contributed by atoms with Gasteiger partial charge in [-0.3, -0.25) is 0 Å². The van der Waals surface area contributed by atoms with Crippen LogP contribution in [-0.4, -0.2) is 10.2 Å². The third kappa shape index (κ3) is 3.08. The quantitative estimate of drug-likeness (QED) is 0.853. The largest absolute Gasteiger partial charge is 0.508 e. The van der Waals surface area contributed by atoms with E-state index in [1.54, 1.807) is 12.1 Å². The Bertz CT molecular complexity index is 580. The Morgan fingerprint density at radius 2 is 1.58 bits per heavy atom. The Balaban J connectivity index is 2.35. The van der Waals surface area contributed by atoms with Crippen molar-refractivity contribution in [2.24, 2.45) is 0 Å². The first-order valence-corrected chi connectivity index (χ1v) is 6.47. The Kier molecular flexibility index (Phi) is 3.52. The molecular weight excluding hydrogens is 236 g/mol. The molecule has 0 amide bonds. The fraction of sp³-hybridized carbons (Fsp3) is 0.294. The molecule has 0 saturated heterocycles.